The Morgan fingerprint density at radius 1 is 1.35 bits per heavy atom. The Bertz CT molecular complexity index is 553. The number of hydrogen-bond acceptors (Lipinski definition) is 6. The molecule has 0 aliphatic carbocycles. The van der Waals surface area contributed by atoms with Crippen LogP contribution in [0.2, 0.25) is 0 Å². The van der Waals surface area contributed by atoms with Gasteiger partial charge in [-0.3, -0.25) is 0 Å². The van der Waals surface area contributed by atoms with Crippen LogP contribution in [0.25, 0.3) is 0 Å². The molecule has 0 unspecified atom stereocenters. The standard InChI is InChI=1S/C14H20N4OS/c1-10-13(20-11(2)17-10)9-16-14-5-4-12(8-15-14)18(3)6-7-19/h4-5,8,19H,6-7,9H2,1-3H3,(H,15,16). The lowest BCUT2D eigenvalue weighted by Gasteiger charge is -2.17. The van der Waals surface area contributed by atoms with Crippen molar-refractivity contribution in [3.63, 3.8) is 0 Å². The van der Waals surface area contributed by atoms with Gasteiger partial charge in [-0.25, -0.2) is 9.97 Å². The molecule has 2 N–H and O–H groups in total. The van der Waals surface area contributed by atoms with Gasteiger partial charge in [-0.05, 0) is 26.0 Å². The molecule has 0 spiro atoms. The second-order valence-corrected chi connectivity index (χ2v) is 5.93. The maximum atomic E-state index is 8.91. The van der Waals surface area contributed by atoms with Crippen LogP contribution < -0.4 is 10.2 Å². The molecular formula is C14H20N4OS. The lowest BCUT2D eigenvalue weighted by molar-refractivity contribution is 0.304. The minimum absolute atomic E-state index is 0.139. The largest absolute Gasteiger partial charge is 0.395 e. The van der Waals surface area contributed by atoms with Crippen LogP contribution in [0.15, 0.2) is 18.3 Å². The van der Waals surface area contributed by atoms with E-state index in [1.54, 1.807) is 11.3 Å². The van der Waals surface area contributed by atoms with Gasteiger partial charge in [-0.1, -0.05) is 0 Å². The van der Waals surface area contributed by atoms with Crippen LogP contribution in [0.5, 0.6) is 0 Å². The van der Waals surface area contributed by atoms with Crippen molar-refractivity contribution in [2.75, 3.05) is 30.4 Å². The van der Waals surface area contributed by atoms with E-state index in [1.165, 1.54) is 4.88 Å². The molecule has 20 heavy (non-hydrogen) atoms. The Labute approximate surface area is 123 Å². The number of aromatic nitrogens is 2. The third-order valence-electron chi connectivity index (χ3n) is 3.05. The van der Waals surface area contributed by atoms with E-state index < -0.39 is 0 Å². The van der Waals surface area contributed by atoms with Gasteiger partial charge in [-0.15, -0.1) is 11.3 Å². The average Bonchev–Trinajstić information content (AvgIpc) is 2.75. The van der Waals surface area contributed by atoms with Crippen LogP contribution in [-0.4, -0.2) is 35.3 Å². The fraction of sp³-hybridized carbons (Fsp3) is 0.429. The minimum atomic E-state index is 0.139. The maximum Gasteiger partial charge on any atom is 0.126 e. The maximum absolute atomic E-state index is 8.91. The zero-order valence-electron chi connectivity index (χ0n) is 12.1. The quantitative estimate of drug-likeness (QED) is 0.854. The summed E-state index contributed by atoms with van der Waals surface area (Å²) in [5.41, 5.74) is 2.08. The number of likely N-dealkylation sites (N-methyl/N-ethyl adjacent to an activating group) is 1. The fourth-order valence-corrected chi connectivity index (χ4v) is 2.78. The van der Waals surface area contributed by atoms with Gasteiger partial charge >= 0.3 is 0 Å². The second-order valence-electron chi connectivity index (χ2n) is 4.64. The lowest BCUT2D eigenvalue weighted by atomic mass is 10.3. The molecule has 0 atom stereocenters. The Morgan fingerprint density at radius 3 is 2.70 bits per heavy atom. The van der Waals surface area contributed by atoms with E-state index in [9.17, 15) is 0 Å². The van der Waals surface area contributed by atoms with Crippen molar-refractivity contribution in [2.45, 2.75) is 20.4 Å². The van der Waals surface area contributed by atoms with Crippen LogP contribution in [0.3, 0.4) is 0 Å². The van der Waals surface area contributed by atoms with E-state index >= 15 is 0 Å². The molecule has 2 heterocycles. The predicted molar refractivity (Wildman–Crippen MR) is 83.5 cm³/mol. The molecule has 0 aromatic carbocycles. The summed E-state index contributed by atoms with van der Waals surface area (Å²) in [7, 11) is 1.93. The monoisotopic (exact) mass is 292 g/mol. The summed E-state index contributed by atoms with van der Waals surface area (Å²) in [5, 5.41) is 13.3. The number of aryl methyl sites for hydroxylation is 2. The van der Waals surface area contributed by atoms with E-state index in [-0.39, 0.29) is 6.61 Å². The number of hydrogen-bond donors (Lipinski definition) is 2. The van der Waals surface area contributed by atoms with Gasteiger partial charge in [0.1, 0.15) is 5.82 Å². The highest BCUT2D eigenvalue weighted by Gasteiger charge is 2.05. The van der Waals surface area contributed by atoms with E-state index in [1.807, 2.05) is 44.1 Å². The molecule has 0 amide bonds. The van der Waals surface area contributed by atoms with Crippen molar-refractivity contribution in [1.29, 1.82) is 0 Å². The molecule has 5 nitrogen and oxygen atoms in total. The highest BCUT2D eigenvalue weighted by molar-refractivity contribution is 7.11. The van der Waals surface area contributed by atoms with E-state index in [2.05, 4.69) is 15.3 Å². The second kappa shape index (κ2) is 6.67. The number of pyridine rings is 1. The highest BCUT2D eigenvalue weighted by Crippen LogP contribution is 2.19. The zero-order valence-corrected chi connectivity index (χ0v) is 12.9. The van der Waals surface area contributed by atoms with Crippen LogP contribution in [0.1, 0.15) is 15.6 Å². The summed E-state index contributed by atoms with van der Waals surface area (Å²) < 4.78 is 0. The van der Waals surface area contributed by atoms with Crippen molar-refractivity contribution < 1.29 is 5.11 Å². The Hall–Kier alpha value is -1.66. The SMILES string of the molecule is Cc1nc(C)c(CNc2ccc(N(C)CCO)cn2)s1. The molecule has 0 aliphatic heterocycles. The first-order valence-electron chi connectivity index (χ1n) is 6.55. The minimum Gasteiger partial charge on any atom is -0.395 e. The van der Waals surface area contributed by atoms with Crippen molar-refractivity contribution in [2.24, 2.45) is 0 Å². The normalized spacial score (nSPS) is 10.6. The van der Waals surface area contributed by atoms with E-state index in [4.69, 9.17) is 5.11 Å². The molecule has 2 rings (SSSR count). The van der Waals surface area contributed by atoms with Gasteiger partial charge in [0.05, 0.1) is 35.7 Å². The number of nitrogens with one attached hydrogen (secondary N) is 1. The number of aliphatic hydroxyl groups excluding tert-OH is 1. The Morgan fingerprint density at radius 2 is 2.15 bits per heavy atom. The van der Waals surface area contributed by atoms with Gasteiger partial charge in [0, 0.05) is 18.5 Å². The van der Waals surface area contributed by atoms with Crippen molar-refractivity contribution in [3.8, 4) is 0 Å². The number of rotatable bonds is 6. The first-order valence-corrected chi connectivity index (χ1v) is 7.36. The molecule has 0 saturated heterocycles. The van der Waals surface area contributed by atoms with Crippen molar-refractivity contribution in [3.05, 3.63) is 33.9 Å². The molecule has 6 heteroatoms. The topological polar surface area (TPSA) is 61.3 Å². The molecule has 0 fully saturated rings. The van der Waals surface area contributed by atoms with Gasteiger partial charge < -0.3 is 15.3 Å². The van der Waals surface area contributed by atoms with Crippen molar-refractivity contribution in [1.82, 2.24) is 9.97 Å². The average molecular weight is 292 g/mol. The molecule has 0 bridgehead atoms. The summed E-state index contributed by atoms with van der Waals surface area (Å²) in [4.78, 5) is 12.0. The third-order valence-corrected chi connectivity index (χ3v) is 4.13. The van der Waals surface area contributed by atoms with E-state index in [0.29, 0.717) is 6.54 Å². The van der Waals surface area contributed by atoms with Gasteiger partial charge in [0.15, 0.2) is 0 Å². The van der Waals surface area contributed by atoms with Crippen molar-refractivity contribution >= 4 is 22.8 Å². The highest BCUT2D eigenvalue weighted by atomic mass is 32.1. The molecule has 108 valence electrons. The molecule has 0 radical (unpaired) electrons. The van der Waals surface area contributed by atoms with Gasteiger partial charge in [0.25, 0.3) is 0 Å². The third kappa shape index (κ3) is 3.68. The van der Waals surface area contributed by atoms with E-state index in [0.717, 1.165) is 28.8 Å². The molecule has 0 saturated carbocycles. The predicted octanol–water partition coefficient (Wildman–Crippen LogP) is 2.20. The zero-order chi connectivity index (χ0) is 14.5. The Balaban J connectivity index is 1.95. The van der Waals surface area contributed by atoms with Crippen LogP contribution in [0, 0.1) is 13.8 Å². The summed E-state index contributed by atoms with van der Waals surface area (Å²) in [6, 6.07) is 3.95. The summed E-state index contributed by atoms with van der Waals surface area (Å²) >= 11 is 1.71. The smallest absolute Gasteiger partial charge is 0.126 e. The fourth-order valence-electron chi connectivity index (χ4n) is 1.90. The lowest BCUT2D eigenvalue weighted by Crippen LogP contribution is -2.21. The number of aliphatic hydroxyl groups is 1. The summed E-state index contributed by atoms with van der Waals surface area (Å²) in [5.74, 6) is 0.844. The first-order chi connectivity index (χ1) is 9.60. The summed E-state index contributed by atoms with van der Waals surface area (Å²) in [6.07, 6.45) is 1.81. The molecule has 2 aromatic rings. The van der Waals surface area contributed by atoms with Crippen LogP contribution in [0.4, 0.5) is 11.5 Å². The molecular weight excluding hydrogens is 272 g/mol. The molecule has 0 aliphatic rings. The van der Waals surface area contributed by atoms with Gasteiger partial charge in [0.2, 0.25) is 0 Å². The van der Waals surface area contributed by atoms with Gasteiger partial charge in [-0.2, -0.15) is 0 Å². The summed E-state index contributed by atoms with van der Waals surface area (Å²) in [6.45, 7) is 5.54. The van der Waals surface area contributed by atoms with Crippen LogP contribution >= 0.6 is 11.3 Å². The molecule has 2 aromatic heterocycles. The van der Waals surface area contributed by atoms with Crippen LogP contribution in [-0.2, 0) is 6.54 Å². The number of nitrogens with zero attached hydrogens (tertiary/aromatic N) is 3. The Kier molecular flexibility index (Phi) is 4.92. The number of thiazole rings is 1. The first kappa shape index (κ1) is 14.7. The number of anilines is 2.